The third-order valence-electron chi connectivity index (χ3n) is 4.33. The number of benzene rings is 1. The molecule has 1 aliphatic heterocycles. The van der Waals surface area contributed by atoms with Crippen molar-refractivity contribution in [3.63, 3.8) is 0 Å². The van der Waals surface area contributed by atoms with E-state index in [0.717, 1.165) is 22.5 Å². The maximum atomic E-state index is 11.9. The Labute approximate surface area is 144 Å². The van der Waals surface area contributed by atoms with Crippen LogP contribution >= 0.6 is 0 Å². The van der Waals surface area contributed by atoms with Gasteiger partial charge in [-0.3, -0.25) is 9.78 Å². The number of allylic oxidation sites excluding steroid dienone is 2. The van der Waals surface area contributed by atoms with E-state index in [1.54, 1.807) is 0 Å². The summed E-state index contributed by atoms with van der Waals surface area (Å²) < 4.78 is 0. The molecule has 0 spiro atoms. The minimum atomic E-state index is -0.538. The van der Waals surface area contributed by atoms with Crippen molar-refractivity contribution < 1.29 is 0 Å². The maximum absolute atomic E-state index is 11.9. The van der Waals surface area contributed by atoms with Crippen LogP contribution in [-0.4, -0.2) is 34.5 Å². The van der Waals surface area contributed by atoms with E-state index in [2.05, 4.69) is 33.5 Å². The van der Waals surface area contributed by atoms with Crippen LogP contribution in [0, 0.1) is 0 Å². The maximum Gasteiger partial charge on any atom is 0.325 e. The van der Waals surface area contributed by atoms with E-state index in [9.17, 15) is 9.59 Å². The number of hydrogen-bond donors (Lipinski definition) is 4. The van der Waals surface area contributed by atoms with E-state index in [0.29, 0.717) is 6.54 Å². The van der Waals surface area contributed by atoms with Crippen molar-refractivity contribution in [3.05, 3.63) is 80.4 Å². The van der Waals surface area contributed by atoms with Crippen LogP contribution in [0.15, 0.2) is 63.6 Å². The average molecular weight is 339 g/mol. The Morgan fingerprint density at radius 1 is 1.24 bits per heavy atom. The Morgan fingerprint density at radius 3 is 2.60 bits per heavy atom. The van der Waals surface area contributed by atoms with Crippen LogP contribution in [0.3, 0.4) is 0 Å². The Kier molecular flexibility index (Phi) is 4.58. The molecule has 1 aliphatic rings. The normalized spacial score (nSPS) is 17.5. The van der Waals surface area contributed by atoms with Gasteiger partial charge in [-0.25, -0.2) is 4.79 Å². The Hall–Kier alpha value is -3.06. The van der Waals surface area contributed by atoms with E-state index in [-0.39, 0.29) is 11.7 Å². The first kappa shape index (κ1) is 16.8. The van der Waals surface area contributed by atoms with E-state index >= 15 is 0 Å². The molecule has 1 unspecified atom stereocenters. The van der Waals surface area contributed by atoms with Gasteiger partial charge in [0.05, 0.1) is 6.04 Å². The molecular weight excluding hydrogens is 318 g/mol. The van der Waals surface area contributed by atoms with Crippen molar-refractivity contribution in [2.24, 2.45) is 5.73 Å². The molecule has 7 nitrogen and oxygen atoms in total. The molecule has 0 saturated heterocycles. The number of aromatic amines is 2. The number of hydrogen-bond acceptors (Lipinski definition) is 5. The fourth-order valence-corrected chi connectivity index (χ4v) is 3.05. The molecule has 2 heterocycles. The van der Waals surface area contributed by atoms with E-state index in [1.165, 1.54) is 6.20 Å². The highest BCUT2D eigenvalue weighted by molar-refractivity contribution is 5.74. The Balaban J connectivity index is 2.03. The third-order valence-corrected chi connectivity index (χ3v) is 4.33. The van der Waals surface area contributed by atoms with Gasteiger partial charge in [-0.15, -0.1) is 0 Å². The third kappa shape index (κ3) is 3.27. The molecule has 0 fully saturated rings. The number of H-pyrrole nitrogens is 2. The fraction of sp³-hybridized carbons (Fsp3) is 0.222. The van der Waals surface area contributed by atoms with Gasteiger partial charge < -0.3 is 20.9 Å². The lowest BCUT2D eigenvalue weighted by Crippen LogP contribution is -2.43. The molecule has 1 aromatic carbocycles. The number of nitrogens with zero attached hydrogens (tertiary/aromatic N) is 1. The van der Waals surface area contributed by atoms with Crippen molar-refractivity contribution >= 4 is 11.3 Å². The van der Waals surface area contributed by atoms with Crippen molar-refractivity contribution in [3.8, 4) is 0 Å². The Bertz CT molecular complexity index is 940. The second kappa shape index (κ2) is 6.82. The molecule has 0 amide bonds. The lowest BCUT2D eigenvalue weighted by Gasteiger charge is -2.37. The molecule has 0 saturated carbocycles. The second-order valence-corrected chi connectivity index (χ2v) is 5.97. The summed E-state index contributed by atoms with van der Waals surface area (Å²) in [5, 5.41) is 3.10. The van der Waals surface area contributed by atoms with E-state index < -0.39 is 11.2 Å². The van der Waals surface area contributed by atoms with Gasteiger partial charge in [-0.1, -0.05) is 30.3 Å². The van der Waals surface area contributed by atoms with E-state index in [1.807, 2.05) is 37.1 Å². The van der Waals surface area contributed by atoms with Crippen LogP contribution in [0.2, 0.25) is 0 Å². The van der Waals surface area contributed by atoms with Gasteiger partial charge in [-0.2, -0.15) is 0 Å². The number of rotatable bonds is 4. The molecule has 0 aliphatic carbocycles. The van der Waals surface area contributed by atoms with Crippen molar-refractivity contribution in [2.45, 2.75) is 13.0 Å². The molecular formula is C18H21N5O2. The summed E-state index contributed by atoms with van der Waals surface area (Å²) in [5.41, 5.74) is 8.50. The minimum absolute atomic E-state index is 0.0320. The summed E-state index contributed by atoms with van der Waals surface area (Å²) in [6.45, 7) is 2.39. The summed E-state index contributed by atoms with van der Waals surface area (Å²) in [5.74, 6) is 0.771. The summed E-state index contributed by atoms with van der Waals surface area (Å²) in [6.07, 6.45) is 3.44. The minimum Gasteiger partial charge on any atom is -0.353 e. The summed E-state index contributed by atoms with van der Waals surface area (Å²) >= 11 is 0. The monoisotopic (exact) mass is 339 g/mol. The van der Waals surface area contributed by atoms with Crippen LogP contribution in [0.5, 0.6) is 0 Å². The molecule has 1 atom stereocenters. The van der Waals surface area contributed by atoms with Crippen molar-refractivity contribution in [1.82, 2.24) is 14.9 Å². The zero-order valence-electron chi connectivity index (χ0n) is 14.2. The number of likely N-dealkylation sites (N-methyl/N-ethyl adjacent to an activating group) is 1. The summed E-state index contributed by atoms with van der Waals surface area (Å²) in [6, 6.07) is 10.1. The predicted molar refractivity (Wildman–Crippen MR) is 99.0 cm³/mol. The molecule has 0 radical (unpaired) electrons. The largest absolute Gasteiger partial charge is 0.353 e. The number of nitrogens with two attached hydrogens (primary N) is 1. The van der Waals surface area contributed by atoms with Crippen LogP contribution in [0.25, 0.3) is 5.57 Å². The molecule has 5 N–H and O–H groups in total. The van der Waals surface area contributed by atoms with Gasteiger partial charge in [0.25, 0.3) is 5.56 Å². The molecule has 25 heavy (non-hydrogen) atoms. The highest BCUT2D eigenvalue weighted by Crippen LogP contribution is 2.31. The van der Waals surface area contributed by atoms with Gasteiger partial charge in [0.15, 0.2) is 0 Å². The molecule has 1 aromatic heterocycles. The second-order valence-electron chi connectivity index (χ2n) is 5.97. The van der Waals surface area contributed by atoms with Crippen LogP contribution < -0.4 is 22.3 Å². The quantitative estimate of drug-likeness (QED) is 0.666. The zero-order valence-corrected chi connectivity index (χ0v) is 14.2. The molecule has 2 aromatic rings. The lowest BCUT2D eigenvalue weighted by molar-refractivity contribution is 0.363. The molecule has 3 rings (SSSR count). The molecule has 7 heteroatoms. The smallest absolute Gasteiger partial charge is 0.325 e. The van der Waals surface area contributed by atoms with Gasteiger partial charge in [0, 0.05) is 19.8 Å². The van der Waals surface area contributed by atoms with Crippen LogP contribution in [0.4, 0.5) is 5.69 Å². The Morgan fingerprint density at radius 2 is 1.96 bits per heavy atom. The first-order valence-electron chi connectivity index (χ1n) is 8.01. The standard InChI is InChI=1S/C18H21N5O2/c1-11-8-13(12-6-4-3-5-7-12)15(9-19)23(2)16(11)21-14-10-20-18(25)22-17(14)24/h3-8,10,15,21H,9,19H2,1-2H3,(H2,20,22,24,25). The fourth-order valence-electron chi connectivity index (χ4n) is 3.05. The van der Waals surface area contributed by atoms with Crippen LogP contribution in [-0.2, 0) is 0 Å². The lowest BCUT2D eigenvalue weighted by atomic mass is 9.92. The van der Waals surface area contributed by atoms with Crippen molar-refractivity contribution in [1.29, 1.82) is 0 Å². The number of nitrogens with one attached hydrogen (secondary N) is 3. The van der Waals surface area contributed by atoms with Crippen LogP contribution in [0.1, 0.15) is 12.5 Å². The predicted octanol–water partition coefficient (Wildman–Crippen LogP) is 1.06. The van der Waals surface area contributed by atoms with Gasteiger partial charge >= 0.3 is 5.69 Å². The number of anilines is 1. The van der Waals surface area contributed by atoms with Gasteiger partial charge in [0.2, 0.25) is 0 Å². The average Bonchev–Trinajstić information content (AvgIpc) is 2.60. The first-order chi connectivity index (χ1) is 12.0. The first-order valence-corrected chi connectivity index (χ1v) is 8.01. The molecule has 0 bridgehead atoms. The van der Waals surface area contributed by atoms with Crippen molar-refractivity contribution in [2.75, 3.05) is 18.9 Å². The zero-order chi connectivity index (χ0) is 18.0. The highest BCUT2D eigenvalue weighted by atomic mass is 16.2. The molecule has 130 valence electrons. The highest BCUT2D eigenvalue weighted by Gasteiger charge is 2.27. The number of aromatic nitrogens is 2. The van der Waals surface area contributed by atoms with Gasteiger partial charge in [0.1, 0.15) is 11.5 Å². The topological polar surface area (TPSA) is 107 Å². The SMILES string of the molecule is CC1=C(Nc2c[nH]c(=O)[nH]c2=O)N(C)C(CN)C(c2ccccc2)=C1. The van der Waals surface area contributed by atoms with Gasteiger partial charge in [-0.05, 0) is 29.7 Å². The summed E-state index contributed by atoms with van der Waals surface area (Å²) in [4.78, 5) is 29.8. The van der Waals surface area contributed by atoms with E-state index in [4.69, 9.17) is 5.73 Å². The summed E-state index contributed by atoms with van der Waals surface area (Å²) in [7, 11) is 1.93.